The molecular weight excluding hydrogens is 513 g/mol. The Labute approximate surface area is 213 Å². The lowest BCUT2D eigenvalue weighted by Gasteiger charge is -2.29. The number of hydrogen-bond donors (Lipinski definition) is 0. The van der Waals surface area contributed by atoms with Crippen LogP contribution in [0.5, 0.6) is 0 Å². The van der Waals surface area contributed by atoms with Crippen molar-refractivity contribution in [3.05, 3.63) is 94.5 Å². The molecule has 0 unspecified atom stereocenters. The number of fused-ring (bicyclic) bond motifs is 1. The number of rotatable bonds is 4. The van der Waals surface area contributed by atoms with E-state index in [2.05, 4.69) is 0 Å². The predicted molar refractivity (Wildman–Crippen MR) is 127 cm³/mol. The molecule has 2 fully saturated rings. The van der Waals surface area contributed by atoms with Crippen LogP contribution in [0.3, 0.4) is 0 Å². The fourth-order valence-corrected chi connectivity index (χ4v) is 4.70. The third-order valence-corrected chi connectivity index (χ3v) is 6.55. The maximum absolute atomic E-state index is 13.6. The second kappa shape index (κ2) is 9.20. The first-order valence-corrected chi connectivity index (χ1v) is 11.4. The van der Waals surface area contributed by atoms with Crippen molar-refractivity contribution in [3.8, 4) is 0 Å². The van der Waals surface area contributed by atoms with Crippen LogP contribution in [-0.2, 0) is 25.3 Å². The molecule has 3 atom stereocenters. The van der Waals surface area contributed by atoms with Crippen molar-refractivity contribution in [1.29, 1.82) is 0 Å². The second-order valence-electron chi connectivity index (χ2n) is 8.47. The Kier molecular flexibility index (Phi) is 6.17. The van der Waals surface area contributed by atoms with Gasteiger partial charge in [-0.3, -0.25) is 14.4 Å². The van der Waals surface area contributed by atoms with Crippen LogP contribution in [0.2, 0.25) is 5.02 Å². The zero-order chi connectivity index (χ0) is 26.5. The molecular formula is C26H18ClF3N2O5. The largest absolute Gasteiger partial charge is 0.465 e. The van der Waals surface area contributed by atoms with Crippen LogP contribution in [0.15, 0.2) is 72.8 Å². The quantitative estimate of drug-likeness (QED) is 0.341. The summed E-state index contributed by atoms with van der Waals surface area (Å²) in [6, 6.07) is 16.0. The van der Waals surface area contributed by atoms with Crippen molar-refractivity contribution in [2.24, 2.45) is 5.92 Å². The SMILES string of the molecule is COC(=O)c1ccc([C@H]2[C@@H]3C(=O)N(c4cccc(C(F)(F)F)c4)C(=O)[C@H]3ON2c2ccc(Cl)cc2)cc1. The molecule has 0 spiro atoms. The summed E-state index contributed by atoms with van der Waals surface area (Å²) in [5.74, 6) is -3.10. The highest BCUT2D eigenvalue weighted by atomic mass is 35.5. The topological polar surface area (TPSA) is 76.2 Å². The third kappa shape index (κ3) is 4.32. The van der Waals surface area contributed by atoms with Crippen LogP contribution >= 0.6 is 11.6 Å². The molecule has 190 valence electrons. The van der Waals surface area contributed by atoms with Gasteiger partial charge in [-0.05, 0) is 60.2 Å². The van der Waals surface area contributed by atoms with Gasteiger partial charge in [0.2, 0.25) is 5.91 Å². The number of imide groups is 1. The zero-order valence-electron chi connectivity index (χ0n) is 19.1. The van der Waals surface area contributed by atoms with Gasteiger partial charge in [0.25, 0.3) is 5.91 Å². The molecule has 2 amide bonds. The van der Waals surface area contributed by atoms with Gasteiger partial charge >= 0.3 is 12.1 Å². The van der Waals surface area contributed by atoms with E-state index < -0.39 is 47.6 Å². The fourth-order valence-electron chi connectivity index (χ4n) is 4.58. The molecule has 0 aromatic heterocycles. The molecule has 5 rings (SSSR count). The first-order chi connectivity index (χ1) is 17.6. The summed E-state index contributed by atoms with van der Waals surface area (Å²) in [6.45, 7) is 0. The van der Waals surface area contributed by atoms with E-state index in [0.29, 0.717) is 16.3 Å². The lowest BCUT2D eigenvalue weighted by molar-refractivity contribution is -0.137. The number of hydrogen-bond acceptors (Lipinski definition) is 6. The van der Waals surface area contributed by atoms with E-state index in [-0.39, 0.29) is 11.3 Å². The number of ether oxygens (including phenoxy) is 1. The normalized spacial score (nSPS) is 21.4. The molecule has 0 saturated carbocycles. The van der Waals surface area contributed by atoms with Gasteiger partial charge in [0, 0.05) is 5.02 Å². The monoisotopic (exact) mass is 530 g/mol. The lowest BCUT2D eigenvalue weighted by Crippen LogP contribution is -2.37. The molecule has 3 aromatic carbocycles. The van der Waals surface area contributed by atoms with Gasteiger partial charge < -0.3 is 4.74 Å². The van der Waals surface area contributed by atoms with E-state index >= 15 is 0 Å². The van der Waals surface area contributed by atoms with E-state index in [1.807, 2.05) is 0 Å². The summed E-state index contributed by atoms with van der Waals surface area (Å²) in [7, 11) is 1.25. The highest BCUT2D eigenvalue weighted by molar-refractivity contribution is 6.30. The number of halogens is 4. The van der Waals surface area contributed by atoms with Gasteiger partial charge in [0.1, 0.15) is 5.92 Å². The smallest absolute Gasteiger partial charge is 0.416 e. The van der Waals surface area contributed by atoms with E-state index in [0.717, 1.165) is 23.1 Å². The number of anilines is 2. The number of amides is 2. The average molecular weight is 531 g/mol. The molecule has 2 heterocycles. The number of nitrogens with zero attached hydrogens (tertiary/aromatic N) is 2. The van der Waals surface area contributed by atoms with Crippen molar-refractivity contribution < 1.29 is 37.1 Å². The molecule has 0 N–H and O–H groups in total. The van der Waals surface area contributed by atoms with Crippen LogP contribution in [-0.4, -0.2) is 31.0 Å². The molecule has 3 aromatic rings. The molecule has 0 radical (unpaired) electrons. The van der Waals surface area contributed by atoms with Crippen LogP contribution in [0.25, 0.3) is 0 Å². The number of esters is 1. The lowest BCUT2D eigenvalue weighted by atomic mass is 9.90. The van der Waals surface area contributed by atoms with E-state index in [4.69, 9.17) is 21.2 Å². The summed E-state index contributed by atoms with van der Waals surface area (Å²) in [4.78, 5) is 45.5. The number of alkyl halides is 3. The number of carbonyl (C=O) groups is 3. The Bertz CT molecular complexity index is 1380. The van der Waals surface area contributed by atoms with Crippen molar-refractivity contribution in [2.75, 3.05) is 17.1 Å². The van der Waals surface area contributed by atoms with Crippen LogP contribution < -0.4 is 9.96 Å². The summed E-state index contributed by atoms with van der Waals surface area (Å²) >= 11 is 6.01. The minimum absolute atomic E-state index is 0.194. The third-order valence-electron chi connectivity index (χ3n) is 6.30. The van der Waals surface area contributed by atoms with Crippen LogP contribution in [0.1, 0.15) is 27.5 Å². The van der Waals surface area contributed by atoms with Gasteiger partial charge in [-0.2, -0.15) is 13.2 Å². The van der Waals surface area contributed by atoms with Crippen molar-refractivity contribution in [2.45, 2.75) is 18.3 Å². The fraction of sp³-hybridized carbons (Fsp3) is 0.192. The highest BCUT2D eigenvalue weighted by Gasteiger charge is 2.60. The van der Waals surface area contributed by atoms with Gasteiger partial charge in [-0.15, -0.1) is 0 Å². The minimum Gasteiger partial charge on any atom is -0.465 e. The number of benzene rings is 3. The summed E-state index contributed by atoms with van der Waals surface area (Å²) in [6.07, 6.45) is -5.92. The summed E-state index contributed by atoms with van der Waals surface area (Å²) < 4.78 is 44.6. The molecule has 37 heavy (non-hydrogen) atoms. The maximum atomic E-state index is 13.6. The molecule has 7 nitrogen and oxygen atoms in total. The minimum atomic E-state index is -4.65. The number of carbonyl (C=O) groups excluding carboxylic acids is 3. The van der Waals surface area contributed by atoms with Gasteiger partial charge in [-0.1, -0.05) is 29.8 Å². The number of hydroxylamine groups is 1. The zero-order valence-corrected chi connectivity index (χ0v) is 19.9. The van der Waals surface area contributed by atoms with Gasteiger partial charge in [0.05, 0.1) is 35.7 Å². The van der Waals surface area contributed by atoms with Crippen molar-refractivity contribution >= 4 is 40.8 Å². The molecule has 0 bridgehead atoms. The van der Waals surface area contributed by atoms with Gasteiger partial charge in [-0.25, -0.2) is 14.8 Å². The molecule has 11 heteroatoms. The Morgan fingerprint density at radius 3 is 2.24 bits per heavy atom. The van der Waals surface area contributed by atoms with Crippen molar-refractivity contribution in [3.63, 3.8) is 0 Å². The molecule has 0 aliphatic carbocycles. The molecule has 2 aliphatic heterocycles. The Morgan fingerprint density at radius 2 is 1.62 bits per heavy atom. The standard InChI is InChI=1S/C26H18ClF3N2O5/c1-36-25(35)15-7-5-14(6-8-15)21-20-22(37-32(21)18-11-9-17(27)10-12-18)24(34)31(23(20)33)19-4-2-3-16(13-19)26(28,29)30/h2-13,20-22H,1H3/t20-,21-,22-/m0/s1. The predicted octanol–water partition coefficient (Wildman–Crippen LogP) is 5.20. The summed E-state index contributed by atoms with van der Waals surface area (Å²) in [5, 5.41) is 1.88. The van der Waals surface area contributed by atoms with E-state index in [9.17, 15) is 27.6 Å². The molecule has 2 saturated heterocycles. The van der Waals surface area contributed by atoms with E-state index in [1.165, 1.54) is 30.4 Å². The van der Waals surface area contributed by atoms with Crippen LogP contribution in [0.4, 0.5) is 24.5 Å². The van der Waals surface area contributed by atoms with Crippen LogP contribution in [0, 0.1) is 5.92 Å². The van der Waals surface area contributed by atoms with E-state index in [1.54, 1.807) is 36.4 Å². The maximum Gasteiger partial charge on any atom is 0.416 e. The van der Waals surface area contributed by atoms with Crippen molar-refractivity contribution in [1.82, 2.24) is 0 Å². The second-order valence-corrected chi connectivity index (χ2v) is 8.91. The Hall–Kier alpha value is -3.89. The average Bonchev–Trinajstić information content (AvgIpc) is 3.39. The summed E-state index contributed by atoms with van der Waals surface area (Å²) in [5.41, 5.74) is 0.148. The highest BCUT2D eigenvalue weighted by Crippen LogP contribution is 2.48. The van der Waals surface area contributed by atoms with Gasteiger partial charge in [0.15, 0.2) is 6.10 Å². The first kappa shape index (κ1) is 24.8. The Balaban J connectivity index is 1.56. The Morgan fingerprint density at radius 1 is 0.946 bits per heavy atom. The number of methoxy groups -OCH3 is 1. The first-order valence-electron chi connectivity index (χ1n) is 11.0. The molecule has 2 aliphatic rings.